The molecule has 0 amide bonds. The topological polar surface area (TPSA) is 26.3 Å². The Morgan fingerprint density at radius 3 is 2.28 bits per heavy atom. The lowest BCUT2D eigenvalue weighted by molar-refractivity contribution is -0.140. The minimum Gasteiger partial charge on any atom is -0.426 e. The van der Waals surface area contributed by atoms with E-state index in [0.717, 1.165) is 49.5 Å². The molecule has 174 valence electrons. The molecule has 4 rings (SSSR count). The summed E-state index contributed by atoms with van der Waals surface area (Å²) in [5, 5.41) is 0.730. The zero-order valence-corrected chi connectivity index (χ0v) is 19.3. The Morgan fingerprint density at radius 1 is 0.906 bits per heavy atom. The second kappa shape index (κ2) is 10.8. The van der Waals surface area contributed by atoms with Gasteiger partial charge in [0.15, 0.2) is 11.6 Å². The van der Waals surface area contributed by atoms with E-state index in [2.05, 4.69) is 6.92 Å². The predicted molar refractivity (Wildman–Crippen MR) is 125 cm³/mol. The van der Waals surface area contributed by atoms with Crippen molar-refractivity contribution in [1.82, 2.24) is 0 Å². The molecule has 2 fully saturated rings. The van der Waals surface area contributed by atoms with Crippen LogP contribution in [0.15, 0.2) is 30.3 Å². The van der Waals surface area contributed by atoms with Crippen LogP contribution in [0, 0.1) is 35.3 Å². The van der Waals surface area contributed by atoms with Crippen LogP contribution in [0.1, 0.15) is 84.0 Å². The second-order valence-electron chi connectivity index (χ2n) is 10.1. The summed E-state index contributed by atoms with van der Waals surface area (Å²) < 4.78 is 32.9. The van der Waals surface area contributed by atoms with Crippen molar-refractivity contribution in [2.75, 3.05) is 0 Å². The number of esters is 1. The Bertz CT molecular complexity index is 909. The van der Waals surface area contributed by atoms with Gasteiger partial charge in [0.2, 0.25) is 0 Å². The number of carbonyl (C=O) groups excluding carboxylic acids is 1. The Kier molecular flexibility index (Phi) is 7.80. The molecule has 2 saturated carbocycles. The van der Waals surface area contributed by atoms with Gasteiger partial charge in [0, 0.05) is 5.39 Å². The van der Waals surface area contributed by atoms with Crippen molar-refractivity contribution in [3.05, 3.63) is 42.0 Å². The zero-order valence-electron chi connectivity index (χ0n) is 19.3. The lowest BCUT2D eigenvalue weighted by atomic mass is 9.68. The van der Waals surface area contributed by atoms with Crippen molar-refractivity contribution in [3.8, 4) is 5.75 Å². The maximum atomic E-state index is 13.9. The van der Waals surface area contributed by atoms with Crippen molar-refractivity contribution < 1.29 is 18.3 Å². The van der Waals surface area contributed by atoms with Crippen LogP contribution >= 0.6 is 0 Å². The summed E-state index contributed by atoms with van der Waals surface area (Å²) in [6, 6.07) is 7.25. The monoisotopic (exact) mass is 442 g/mol. The summed E-state index contributed by atoms with van der Waals surface area (Å²) >= 11 is 0. The van der Waals surface area contributed by atoms with Gasteiger partial charge in [-0.05, 0) is 85.9 Å². The summed E-state index contributed by atoms with van der Waals surface area (Å²) in [6.45, 7) is 2.27. The first-order valence-electron chi connectivity index (χ1n) is 12.6. The van der Waals surface area contributed by atoms with Crippen LogP contribution in [0.2, 0.25) is 0 Å². The number of carbonyl (C=O) groups is 1. The molecule has 2 nitrogen and oxygen atoms in total. The van der Waals surface area contributed by atoms with Gasteiger partial charge in [-0.1, -0.05) is 51.5 Å². The van der Waals surface area contributed by atoms with Gasteiger partial charge in [-0.3, -0.25) is 4.79 Å². The highest BCUT2D eigenvalue weighted by Gasteiger charge is 2.33. The smallest absolute Gasteiger partial charge is 0.314 e. The van der Waals surface area contributed by atoms with Gasteiger partial charge >= 0.3 is 5.97 Å². The standard InChI is InChI=1S/C28H36F2O2/c1-2-3-4-5-19-6-8-20(9-7-19)21-10-12-22(13-11-21)28(31)32-24-15-16-25-23(18-24)14-17-26(29)27(25)30/h14-22H,2-13H2,1H3. The molecular formula is C28H36F2O2. The minimum atomic E-state index is -0.871. The second-order valence-corrected chi connectivity index (χ2v) is 10.1. The van der Waals surface area contributed by atoms with E-state index in [1.54, 1.807) is 12.1 Å². The molecule has 0 aromatic heterocycles. The number of rotatable bonds is 7. The summed E-state index contributed by atoms with van der Waals surface area (Å²) in [5.41, 5.74) is 0. The lowest BCUT2D eigenvalue weighted by Crippen LogP contribution is -2.30. The Hall–Kier alpha value is -1.97. The number of halogens is 2. The molecule has 2 aromatic carbocycles. The first kappa shape index (κ1) is 23.2. The van der Waals surface area contributed by atoms with E-state index in [4.69, 9.17) is 4.74 Å². The van der Waals surface area contributed by atoms with Crippen molar-refractivity contribution in [3.63, 3.8) is 0 Å². The average Bonchev–Trinajstić information content (AvgIpc) is 2.82. The van der Waals surface area contributed by atoms with Gasteiger partial charge in [-0.15, -0.1) is 0 Å². The van der Waals surface area contributed by atoms with Crippen LogP contribution in [0.25, 0.3) is 10.8 Å². The fraction of sp³-hybridized carbons (Fsp3) is 0.607. The largest absolute Gasteiger partial charge is 0.426 e. The number of benzene rings is 2. The van der Waals surface area contributed by atoms with Crippen molar-refractivity contribution >= 4 is 16.7 Å². The third kappa shape index (κ3) is 5.50. The molecule has 2 aliphatic carbocycles. The zero-order chi connectivity index (χ0) is 22.5. The summed E-state index contributed by atoms with van der Waals surface area (Å²) in [5.74, 6) is 0.951. The number of unbranched alkanes of at least 4 members (excludes halogenated alkanes) is 2. The molecular weight excluding hydrogens is 406 g/mol. The Balaban J connectivity index is 1.24. The van der Waals surface area contributed by atoms with Crippen LogP contribution in [-0.2, 0) is 4.79 Å². The quantitative estimate of drug-likeness (QED) is 0.245. The van der Waals surface area contributed by atoms with Gasteiger partial charge in [-0.2, -0.15) is 0 Å². The lowest BCUT2D eigenvalue weighted by Gasteiger charge is -2.37. The van der Waals surface area contributed by atoms with E-state index >= 15 is 0 Å². The highest BCUT2D eigenvalue weighted by atomic mass is 19.2. The molecule has 0 unspecified atom stereocenters. The number of fused-ring (bicyclic) bond motifs is 1. The normalized spacial score (nSPS) is 26.2. The summed E-state index contributed by atoms with van der Waals surface area (Å²) in [7, 11) is 0. The van der Waals surface area contributed by atoms with E-state index in [1.807, 2.05) is 0 Å². The molecule has 2 aliphatic rings. The first-order valence-corrected chi connectivity index (χ1v) is 12.6. The van der Waals surface area contributed by atoms with Crippen molar-refractivity contribution in [1.29, 1.82) is 0 Å². The van der Waals surface area contributed by atoms with Crippen LogP contribution in [0.4, 0.5) is 8.78 Å². The molecule has 32 heavy (non-hydrogen) atoms. The van der Waals surface area contributed by atoms with Gasteiger partial charge in [0.25, 0.3) is 0 Å². The molecule has 0 spiro atoms. The van der Waals surface area contributed by atoms with Gasteiger partial charge in [-0.25, -0.2) is 8.78 Å². The molecule has 4 heteroatoms. The SMILES string of the molecule is CCCCCC1CCC(C2CCC(C(=O)Oc3ccc4c(F)c(F)ccc4c3)CC2)CC1. The van der Waals surface area contributed by atoms with Crippen LogP contribution in [0.3, 0.4) is 0 Å². The molecule has 0 aliphatic heterocycles. The highest BCUT2D eigenvalue weighted by Crippen LogP contribution is 2.42. The van der Waals surface area contributed by atoms with E-state index < -0.39 is 11.6 Å². The van der Waals surface area contributed by atoms with E-state index in [-0.39, 0.29) is 17.3 Å². The van der Waals surface area contributed by atoms with Crippen molar-refractivity contribution in [2.24, 2.45) is 23.7 Å². The molecule has 0 bridgehead atoms. The fourth-order valence-corrected chi connectivity index (χ4v) is 5.96. The highest BCUT2D eigenvalue weighted by molar-refractivity contribution is 5.85. The summed E-state index contributed by atoms with van der Waals surface area (Å²) in [6.07, 6.45) is 15.0. The predicted octanol–water partition coefficient (Wildman–Crippen LogP) is 8.22. The van der Waals surface area contributed by atoms with Crippen LogP contribution < -0.4 is 4.74 Å². The van der Waals surface area contributed by atoms with Crippen LogP contribution in [-0.4, -0.2) is 5.97 Å². The van der Waals surface area contributed by atoms with Gasteiger partial charge in [0.1, 0.15) is 5.75 Å². The third-order valence-electron chi connectivity index (χ3n) is 7.98. The fourth-order valence-electron chi connectivity index (χ4n) is 5.96. The minimum absolute atomic E-state index is 0.0581. The van der Waals surface area contributed by atoms with E-state index in [1.165, 1.54) is 63.5 Å². The first-order chi connectivity index (χ1) is 15.5. The van der Waals surface area contributed by atoms with Gasteiger partial charge in [0.05, 0.1) is 5.92 Å². The maximum Gasteiger partial charge on any atom is 0.314 e. The van der Waals surface area contributed by atoms with Crippen LogP contribution in [0.5, 0.6) is 5.75 Å². The Labute approximate surface area is 190 Å². The molecule has 0 N–H and O–H groups in total. The summed E-state index contributed by atoms with van der Waals surface area (Å²) in [4.78, 5) is 12.7. The van der Waals surface area contributed by atoms with Gasteiger partial charge < -0.3 is 4.74 Å². The maximum absolute atomic E-state index is 13.9. The third-order valence-corrected chi connectivity index (χ3v) is 7.98. The number of hydrogen-bond donors (Lipinski definition) is 0. The Morgan fingerprint density at radius 2 is 1.59 bits per heavy atom. The number of ether oxygens (including phenoxy) is 1. The number of hydrogen-bond acceptors (Lipinski definition) is 2. The van der Waals surface area contributed by atoms with E-state index in [9.17, 15) is 13.6 Å². The molecule has 0 atom stereocenters. The molecule has 0 radical (unpaired) electrons. The van der Waals surface area contributed by atoms with E-state index in [0.29, 0.717) is 11.1 Å². The molecule has 0 heterocycles. The molecule has 0 saturated heterocycles. The van der Waals surface area contributed by atoms with Crippen molar-refractivity contribution in [2.45, 2.75) is 84.0 Å². The average molecular weight is 443 g/mol. The molecule has 2 aromatic rings.